The molecule has 2 atom stereocenters. The third-order valence-corrected chi connectivity index (χ3v) is 5.73. The predicted octanol–water partition coefficient (Wildman–Crippen LogP) is 4.95. The van der Waals surface area contributed by atoms with E-state index in [-0.39, 0.29) is 12.1 Å². The summed E-state index contributed by atoms with van der Waals surface area (Å²) in [5.41, 5.74) is 4.65. The van der Waals surface area contributed by atoms with Gasteiger partial charge in [0.2, 0.25) is 0 Å². The molecule has 0 spiro atoms. The minimum absolute atomic E-state index is 0.0299. The van der Waals surface area contributed by atoms with Gasteiger partial charge < -0.3 is 14.8 Å². The Morgan fingerprint density at radius 1 is 1.04 bits per heavy atom. The lowest BCUT2D eigenvalue weighted by Crippen LogP contribution is -2.31. The Hall–Kier alpha value is -2.66. The first-order valence-corrected chi connectivity index (χ1v) is 10.3. The van der Waals surface area contributed by atoms with Gasteiger partial charge >= 0.3 is 0 Å². The topological polar surface area (TPSA) is 33.1 Å². The van der Waals surface area contributed by atoms with Crippen molar-refractivity contribution in [2.45, 2.75) is 38.8 Å². The molecule has 1 aliphatic heterocycles. The molecule has 1 saturated heterocycles. The highest BCUT2D eigenvalue weighted by molar-refractivity contribution is 7.80. The fourth-order valence-electron chi connectivity index (χ4n) is 4.02. The van der Waals surface area contributed by atoms with E-state index in [9.17, 15) is 0 Å². The Kier molecular flexibility index (Phi) is 5.44. The van der Waals surface area contributed by atoms with Gasteiger partial charge in [0.05, 0.1) is 17.8 Å². The Bertz CT molecular complexity index is 936. The second-order valence-electron chi connectivity index (χ2n) is 7.24. The Balaban J connectivity index is 1.82. The van der Waals surface area contributed by atoms with Crippen molar-refractivity contribution < 1.29 is 0 Å². The van der Waals surface area contributed by atoms with E-state index in [2.05, 4.69) is 82.1 Å². The van der Waals surface area contributed by atoms with Gasteiger partial charge in [-0.25, -0.2) is 0 Å². The number of hydrogen-bond donors (Lipinski definition) is 1. The standard InChI is InChI=1S/C23H26N4S/c1-3-4-16-26-22(21(25-23(26)28)19-12-8-9-15-24-19)20-14-13-17(2)27(20)18-10-6-5-7-11-18/h5-15,21-22H,3-4,16H2,1-2H3,(H,25,28)/t21-,22+/m0/s1. The normalized spacial score (nSPS) is 19.1. The van der Waals surface area contributed by atoms with Crippen LogP contribution in [0.1, 0.15) is 48.9 Å². The molecule has 0 aliphatic carbocycles. The molecule has 144 valence electrons. The molecule has 4 nitrogen and oxygen atoms in total. The molecule has 4 rings (SSSR count). The number of para-hydroxylation sites is 1. The molecule has 1 N–H and O–H groups in total. The highest BCUT2D eigenvalue weighted by atomic mass is 32.1. The number of nitrogens with one attached hydrogen (secondary N) is 1. The van der Waals surface area contributed by atoms with E-state index in [0.29, 0.717) is 0 Å². The van der Waals surface area contributed by atoms with Crippen LogP contribution in [0, 0.1) is 6.92 Å². The highest BCUT2D eigenvalue weighted by Gasteiger charge is 2.41. The van der Waals surface area contributed by atoms with Crippen molar-refractivity contribution in [2.75, 3.05) is 6.54 Å². The smallest absolute Gasteiger partial charge is 0.170 e. The molecule has 5 heteroatoms. The average Bonchev–Trinajstić information content (AvgIpc) is 3.27. The molecule has 0 saturated carbocycles. The average molecular weight is 391 g/mol. The highest BCUT2D eigenvalue weighted by Crippen LogP contribution is 2.40. The number of unbranched alkanes of at least 4 members (excludes halogenated alkanes) is 1. The van der Waals surface area contributed by atoms with Crippen LogP contribution >= 0.6 is 12.2 Å². The van der Waals surface area contributed by atoms with Crippen LogP contribution in [-0.4, -0.2) is 26.1 Å². The fourth-order valence-corrected chi connectivity index (χ4v) is 4.35. The quantitative estimate of drug-likeness (QED) is 0.604. The number of hydrogen-bond acceptors (Lipinski definition) is 2. The maximum Gasteiger partial charge on any atom is 0.170 e. The molecular formula is C23H26N4S. The zero-order chi connectivity index (χ0) is 19.5. The maximum atomic E-state index is 5.75. The van der Waals surface area contributed by atoms with E-state index in [1.54, 1.807) is 0 Å². The van der Waals surface area contributed by atoms with Crippen molar-refractivity contribution in [3.63, 3.8) is 0 Å². The summed E-state index contributed by atoms with van der Waals surface area (Å²) in [6.07, 6.45) is 4.10. The maximum absolute atomic E-state index is 5.75. The van der Waals surface area contributed by atoms with Crippen LogP contribution in [0.15, 0.2) is 66.9 Å². The van der Waals surface area contributed by atoms with E-state index < -0.39 is 0 Å². The van der Waals surface area contributed by atoms with Gasteiger partial charge in [-0.3, -0.25) is 4.98 Å². The summed E-state index contributed by atoms with van der Waals surface area (Å²) in [6, 6.07) is 21.2. The molecule has 3 aromatic rings. The number of thiocarbonyl (C=S) groups is 1. The summed E-state index contributed by atoms with van der Waals surface area (Å²) in [7, 11) is 0. The molecule has 0 radical (unpaired) electrons. The SMILES string of the molecule is CCCCN1C(=S)N[C@@H](c2ccccn2)[C@H]1c1ccc(C)n1-c1ccccc1. The summed E-state index contributed by atoms with van der Waals surface area (Å²) < 4.78 is 2.34. The summed E-state index contributed by atoms with van der Waals surface area (Å²) in [5.74, 6) is 0. The van der Waals surface area contributed by atoms with Crippen molar-refractivity contribution in [1.82, 2.24) is 19.8 Å². The van der Waals surface area contributed by atoms with Crippen LogP contribution < -0.4 is 5.32 Å². The van der Waals surface area contributed by atoms with Crippen LogP contribution in [0.25, 0.3) is 5.69 Å². The van der Waals surface area contributed by atoms with E-state index in [1.807, 2.05) is 18.3 Å². The number of nitrogens with zero attached hydrogens (tertiary/aromatic N) is 3. The molecule has 0 bridgehead atoms. The van der Waals surface area contributed by atoms with E-state index >= 15 is 0 Å². The van der Waals surface area contributed by atoms with Gasteiger partial charge in [0.1, 0.15) is 0 Å². The minimum atomic E-state index is 0.0299. The Morgan fingerprint density at radius 3 is 2.54 bits per heavy atom. The second kappa shape index (κ2) is 8.15. The van der Waals surface area contributed by atoms with E-state index in [4.69, 9.17) is 12.2 Å². The first-order chi connectivity index (χ1) is 13.7. The van der Waals surface area contributed by atoms with Crippen molar-refractivity contribution in [2.24, 2.45) is 0 Å². The lowest BCUT2D eigenvalue weighted by molar-refractivity contribution is 0.304. The third-order valence-electron chi connectivity index (χ3n) is 5.37. The molecule has 1 aromatic carbocycles. The number of benzene rings is 1. The van der Waals surface area contributed by atoms with Gasteiger partial charge in [0.15, 0.2) is 5.11 Å². The molecule has 2 aromatic heterocycles. The zero-order valence-corrected chi connectivity index (χ0v) is 17.2. The van der Waals surface area contributed by atoms with Gasteiger partial charge in [-0.1, -0.05) is 37.6 Å². The molecule has 28 heavy (non-hydrogen) atoms. The Labute approximate surface area is 172 Å². The summed E-state index contributed by atoms with van der Waals surface area (Å²) in [4.78, 5) is 6.98. The van der Waals surface area contributed by atoms with Gasteiger partial charge in [-0.05, 0) is 62.0 Å². The van der Waals surface area contributed by atoms with Crippen LogP contribution in [0.4, 0.5) is 0 Å². The van der Waals surface area contributed by atoms with Crippen LogP contribution in [-0.2, 0) is 0 Å². The summed E-state index contributed by atoms with van der Waals surface area (Å²) in [5, 5.41) is 4.36. The first kappa shape index (κ1) is 18.7. The number of aryl methyl sites for hydroxylation is 1. The zero-order valence-electron chi connectivity index (χ0n) is 16.4. The van der Waals surface area contributed by atoms with E-state index in [1.165, 1.54) is 17.1 Å². The Morgan fingerprint density at radius 2 is 1.82 bits per heavy atom. The monoisotopic (exact) mass is 390 g/mol. The van der Waals surface area contributed by atoms with E-state index in [0.717, 1.165) is 30.2 Å². The second-order valence-corrected chi connectivity index (χ2v) is 7.63. The largest absolute Gasteiger partial charge is 0.352 e. The van der Waals surface area contributed by atoms with Crippen molar-refractivity contribution in [3.05, 3.63) is 83.9 Å². The lowest BCUT2D eigenvalue weighted by Gasteiger charge is -2.29. The van der Waals surface area contributed by atoms with Crippen molar-refractivity contribution in [1.29, 1.82) is 0 Å². The van der Waals surface area contributed by atoms with Gasteiger partial charge in [-0.2, -0.15) is 0 Å². The molecule has 1 fully saturated rings. The van der Waals surface area contributed by atoms with Crippen molar-refractivity contribution in [3.8, 4) is 5.69 Å². The van der Waals surface area contributed by atoms with Gasteiger partial charge in [0, 0.05) is 29.8 Å². The van der Waals surface area contributed by atoms with Crippen LogP contribution in [0.5, 0.6) is 0 Å². The number of pyridine rings is 1. The van der Waals surface area contributed by atoms with Gasteiger partial charge in [0.25, 0.3) is 0 Å². The van der Waals surface area contributed by atoms with Crippen molar-refractivity contribution >= 4 is 17.3 Å². The molecule has 0 amide bonds. The van der Waals surface area contributed by atoms with Gasteiger partial charge in [-0.15, -0.1) is 0 Å². The lowest BCUT2D eigenvalue weighted by atomic mass is 10.0. The molecule has 1 aliphatic rings. The third kappa shape index (κ3) is 3.42. The fraction of sp³-hybridized carbons (Fsp3) is 0.304. The minimum Gasteiger partial charge on any atom is -0.352 e. The molecular weight excluding hydrogens is 364 g/mol. The van der Waals surface area contributed by atoms with Crippen LogP contribution in [0.2, 0.25) is 0 Å². The van der Waals surface area contributed by atoms with Crippen LogP contribution in [0.3, 0.4) is 0 Å². The number of rotatable bonds is 6. The summed E-state index contributed by atoms with van der Waals surface area (Å²) >= 11 is 5.75. The predicted molar refractivity (Wildman–Crippen MR) is 118 cm³/mol. The first-order valence-electron chi connectivity index (χ1n) is 9.92. The number of aromatic nitrogens is 2. The molecule has 0 unspecified atom stereocenters. The molecule has 3 heterocycles. The summed E-state index contributed by atoms with van der Waals surface area (Å²) in [6.45, 7) is 5.31.